The molecule has 0 aliphatic rings. The van der Waals surface area contributed by atoms with Crippen LogP contribution in [0.1, 0.15) is 11.3 Å². The number of rotatable bonds is 4. The molecule has 17 heavy (non-hydrogen) atoms. The maximum atomic E-state index is 8.56. The smallest absolute Gasteiger partial charge is 0.115 e. The van der Waals surface area contributed by atoms with Crippen LogP contribution in [0.25, 0.3) is 0 Å². The Balaban J connectivity index is 1.94. The van der Waals surface area contributed by atoms with Crippen LogP contribution >= 0.6 is 0 Å². The topological polar surface area (TPSA) is 61.6 Å². The van der Waals surface area contributed by atoms with E-state index in [9.17, 15) is 0 Å². The Morgan fingerprint density at radius 3 is 2.65 bits per heavy atom. The summed E-state index contributed by atoms with van der Waals surface area (Å²) in [5.74, 6) is 0. The highest BCUT2D eigenvalue weighted by atomic mass is 14.9. The zero-order valence-electron chi connectivity index (χ0n) is 9.30. The molecule has 1 aromatic carbocycles. The second-order valence-electron chi connectivity index (χ2n) is 3.59. The zero-order valence-corrected chi connectivity index (χ0v) is 9.30. The standard InChI is InChI=1S/C13H12N4/c14-7-5-11-1-3-12(4-2-11)16-9-13-6-8-15-10-17-13/h1-4,6,8,10,16H,5,9H2. The Kier molecular flexibility index (Phi) is 3.66. The molecule has 1 heterocycles. The van der Waals surface area contributed by atoms with Gasteiger partial charge in [-0.1, -0.05) is 12.1 Å². The highest BCUT2D eigenvalue weighted by Crippen LogP contribution is 2.10. The normalized spacial score (nSPS) is 9.59. The Bertz CT molecular complexity index is 499. The van der Waals surface area contributed by atoms with Crippen LogP contribution in [0.4, 0.5) is 5.69 Å². The fraction of sp³-hybridized carbons (Fsp3) is 0.154. The first-order chi connectivity index (χ1) is 8.38. The van der Waals surface area contributed by atoms with E-state index in [0.717, 1.165) is 16.9 Å². The van der Waals surface area contributed by atoms with Crippen molar-refractivity contribution >= 4 is 5.69 Å². The van der Waals surface area contributed by atoms with Crippen LogP contribution in [0, 0.1) is 11.3 Å². The fourth-order valence-corrected chi connectivity index (χ4v) is 1.45. The first-order valence-corrected chi connectivity index (χ1v) is 5.33. The van der Waals surface area contributed by atoms with Gasteiger partial charge in [0, 0.05) is 11.9 Å². The molecule has 0 aliphatic carbocycles. The fourth-order valence-electron chi connectivity index (χ4n) is 1.45. The average Bonchev–Trinajstić information content (AvgIpc) is 2.40. The molecule has 0 spiro atoms. The molecule has 84 valence electrons. The third-order valence-corrected chi connectivity index (χ3v) is 2.35. The van der Waals surface area contributed by atoms with E-state index in [2.05, 4.69) is 21.4 Å². The highest BCUT2D eigenvalue weighted by Gasteiger charge is 1.95. The Hall–Kier alpha value is -2.41. The molecule has 2 rings (SSSR count). The Labute approximate surface area is 100.0 Å². The summed E-state index contributed by atoms with van der Waals surface area (Å²) in [6.07, 6.45) is 3.71. The van der Waals surface area contributed by atoms with Gasteiger partial charge in [0.25, 0.3) is 0 Å². The maximum Gasteiger partial charge on any atom is 0.115 e. The van der Waals surface area contributed by atoms with Crippen LogP contribution in [-0.2, 0) is 13.0 Å². The van der Waals surface area contributed by atoms with Crippen molar-refractivity contribution in [3.63, 3.8) is 0 Å². The van der Waals surface area contributed by atoms with Gasteiger partial charge < -0.3 is 5.32 Å². The number of aromatic nitrogens is 2. The summed E-state index contributed by atoms with van der Waals surface area (Å²) in [5, 5.41) is 11.8. The van der Waals surface area contributed by atoms with Gasteiger partial charge in [0.2, 0.25) is 0 Å². The first-order valence-electron chi connectivity index (χ1n) is 5.33. The van der Waals surface area contributed by atoms with E-state index in [0.29, 0.717) is 13.0 Å². The molecule has 0 saturated carbocycles. The molecule has 2 aromatic rings. The molecule has 4 nitrogen and oxygen atoms in total. The first kappa shape index (κ1) is 11.1. The summed E-state index contributed by atoms with van der Waals surface area (Å²) in [6, 6.07) is 11.8. The lowest BCUT2D eigenvalue weighted by atomic mass is 10.1. The molecular weight excluding hydrogens is 212 g/mol. The molecule has 0 atom stereocenters. The minimum absolute atomic E-state index is 0.451. The van der Waals surface area contributed by atoms with Gasteiger partial charge in [-0.15, -0.1) is 0 Å². The summed E-state index contributed by atoms with van der Waals surface area (Å²) < 4.78 is 0. The number of hydrogen-bond donors (Lipinski definition) is 1. The van der Waals surface area contributed by atoms with Gasteiger partial charge >= 0.3 is 0 Å². The number of nitrogens with zero attached hydrogens (tertiary/aromatic N) is 3. The molecular formula is C13H12N4. The second kappa shape index (κ2) is 5.61. The highest BCUT2D eigenvalue weighted by molar-refractivity contribution is 5.45. The van der Waals surface area contributed by atoms with Crippen molar-refractivity contribution < 1.29 is 0 Å². The minimum atomic E-state index is 0.451. The Morgan fingerprint density at radius 1 is 1.18 bits per heavy atom. The molecule has 0 unspecified atom stereocenters. The van der Waals surface area contributed by atoms with Crippen LogP contribution in [0.2, 0.25) is 0 Å². The number of anilines is 1. The van der Waals surface area contributed by atoms with Gasteiger partial charge in [-0.05, 0) is 23.8 Å². The van der Waals surface area contributed by atoms with Crippen molar-refractivity contribution in [3.8, 4) is 6.07 Å². The predicted octanol–water partition coefficient (Wildman–Crippen LogP) is 2.15. The van der Waals surface area contributed by atoms with Crippen molar-refractivity contribution in [3.05, 3.63) is 54.1 Å². The van der Waals surface area contributed by atoms with Crippen LogP contribution in [0.15, 0.2) is 42.9 Å². The van der Waals surface area contributed by atoms with E-state index < -0.39 is 0 Å². The molecule has 4 heteroatoms. The van der Waals surface area contributed by atoms with Crippen LogP contribution in [-0.4, -0.2) is 9.97 Å². The summed E-state index contributed by atoms with van der Waals surface area (Å²) in [7, 11) is 0. The van der Waals surface area contributed by atoms with Gasteiger partial charge in [0.1, 0.15) is 6.33 Å². The molecule has 1 aromatic heterocycles. The maximum absolute atomic E-state index is 8.56. The van der Waals surface area contributed by atoms with Gasteiger partial charge in [-0.2, -0.15) is 5.26 Å². The third kappa shape index (κ3) is 3.28. The molecule has 0 amide bonds. The van der Waals surface area contributed by atoms with Gasteiger partial charge in [-0.25, -0.2) is 9.97 Å². The molecule has 0 fully saturated rings. The number of benzene rings is 1. The van der Waals surface area contributed by atoms with Crippen LogP contribution < -0.4 is 5.32 Å². The molecule has 0 radical (unpaired) electrons. The zero-order chi connectivity index (χ0) is 11.9. The summed E-state index contributed by atoms with van der Waals surface area (Å²) in [5.41, 5.74) is 2.99. The monoisotopic (exact) mass is 224 g/mol. The van der Waals surface area contributed by atoms with Crippen molar-refractivity contribution in [2.24, 2.45) is 0 Å². The van der Waals surface area contributed by atoms with E-state index in [1.54, 1.807) is 6.20 Å². The molecule has 0 bridgehead atoms. The average molecular weight is 224 g/mol. The minimum Gasteiger partial charge on any atom is -0.379 e. The van der Waals surface area contributed by atoms with Crippen molar-refractivity contribution in [1.82, 2.24) is 9.97 Å². The van der Waals surface area contributed by atoms with E-state index in [4.69, 9.17) is 5.26 Å². The summed E-state index contributed by atoms with van der Waals surface area (Å²) >= 11 is 0. The van der Waals surface area contributed by atoms with Crippen LogP contribution in [0.5, 0.6) is 0 Å². The second-order valence-corrected chi connectivity index (χ2v) is 3.59. The summed E-state index contributed by atoms with van der Waals surface area (Å²) in [6.45, 7) is 0.667. The van der Waals surface area contributed by atoms with Crippen molar-refractivity contribution in [2.45, 2.75) is 13.0 Å². The molecule has 0 saturated heterocycles. The van der Waals surface area contributed by atoms with Crippen molar-refractivity contribution in [1.29, 1.82) is 5.26 Å². The number of nitriles is 1. The largest absolute Gasteiger partial charge is 0.379 e. The predicted molar refractivity (Wildman–Crippen MR) is 65.1 cm³/mol. The van der Waals surface area contributed by atoms with E-state index in [1.807, 2.05) is 30.3 Å². The van der Waals surface area contributed by atoms with E-state index >= 15 is 0 Å². The molecule has 1 N–H and O–H groups in total. The number of hydrogen-bond acceptors (Lipinski definition) is 4. The third-order valence-electron chi connectivity index (χ3n) is 2.35. The summed E-state index contributed by atoms with van der Waals surface area (Å²) in [4.78, 5) is 7.99. The van der Waals surface area contributed by atoms with Crippen LogP contribution in [0.3, 0.4) is 0 Å². The van der Waals surface area contributed by atoms with Gasteiger partial charge in [0.15, 0.2) is 0 Å². The van der Waals surface area contributed by atoms with Gasteiger partial charge in [-0.3, -0.25) is 0 Å². The van der Waals surface area contributed by atoms with Gasteiger partial charge in [0.05, 0.1) is 24.7 Å². The quantitative estimate of drug-likeness (QED) is 0.864. The lowest BCUT2D eigenvalue weighted by molar-refractivity contribution is 1.01. The van der Waals surface area contributed by atoms with E-state index in [1.165, 1.54) is 6.33 Å². The lowest BCUT2D eigenvalue weighted by Crippen LogP contribution is -2.01. The number of nitrogens with one attached hydrogen (secondary N) is 1. The SMILES string of the molecule is N#CCc1ccc(NCc2ccncn2)cc1. The Morgan fingerprint density at radius 2 is 2.00 bits per heavy atom. The van der Waals surface area contributed by atoms with Crippen molar-refractivity contribution in [2.75, 3.05) is 5.32 Å². The van der Waals surface area contributed by atoms with E-state index in [-0.39, 0.29) is 0 Å². The lowest BCUT2D eigenvalue weighted by Gasteiger charge is -2.05. The molecule has 0 aliphatic heterocycles.